The summed E-state index contributed by atoms with van der Waals surface area (Å²) in [6, 6.07) is 7.49. The third-order valence-electron chi connectivity index (χ3n) is 3.66. The number of rotatable bonds is 4. The van der Waals surface area contributed by atoms with Crippen molar-refractivity contribution in [2.75, 3.05) is 13.2 Å². The highest BCUT2D eigenvalue weighted by Gasteiger charge is 2.24. The number of hydrogen-bond acceptors (Lipinski definition) is 5. The number of nitrogens with two attached hydrogens (primary N) is 1. The molecule has 1 aliphatic heterocycles. The molecular formula is C17H20N4O2. The molecule has 1 unspecified atom stereocenters. The van der Waals surface area contributed by atoms with Gasteiger partial charge < -0.3 is 15.8 Å². The largest absolute Gasteiger partial charge is 0.450 e. The molecule has 0 bridgehead atoms. The molecule has 0 saturated carbocycles. The molecule has 6 nitrogen and oxygen atoms in total. The van der Waals surface area contributed by atoms with Crippen LogP contribution >= 0.6 is 0 Å². The minimum absolute atomic E-state index is 0.0855. The highest BCUT2D eigenvalue weighted by molar-refractivity contribution is 6.25. The van der Waals surface area contributed by atoms with Crippen molar-refractivity contribution in [2.45, 2.75) is 26.3 Å². The number of allylic oxidation sites excluding steroid dienone is 1. The van der Waals surface area contributed by atoms with Gasteiger partial charge in [-0.05, 0) is 37.1 Å². The molecular weight excluding hydrogens is 292 g/mol. The van der Waals surface area contributed by atoms with E-state index in [0.717, 1.165) is 22.4 Å². The van der Waals surface area contributed by atoms with E-state index in [1.165, 1.54) is 6.20 Å². The molecule has 1 aromatic carbocycles. The summed E-state index contributed by atoms with van der Waals surface area (Å²) in [6.45, 7) is 4.54. The van der Waals surface area contributed by atoms with Crippen molar-refractivity contribution in [3.8, 4) is 6.07 Å². The fraction of sp³-hybridized carbons (Fsp3) is 0.353. The molecule has 3 N–H and O–H groups in total. The van der Waals surface area contributed by atoms with Crippen molar-refractivity contribution in [1.82, 2.24) is 5.32 Å². The lowest BCUT2D eigenvalue weighted by Crippen LogP contribution is -2.36. The van der Waals surface area contributed by atoms with E-state index in [1.807, 2.05) is 19.1 Å². The Balaban J connectivity index is 2.12. The molecule has 120 valence electrons. The minimum Gasteiger partial charge on any atom is -0.450 e. The number of carbonyl (C=O) groups is 1. The van der Waals surface area contributed by atoms with E-state index in [0.29, 0.717) is 25.1 Å². The summed E-state index contributed by atoms with van der Waals surface area (Å²) >= 11 is 0. The number of aliphatic imine (C=N–C) groups is 1. The fourth-order valence-corrected chi connectivity index (χ4v) is 2.59. The van der Waals surface area contributed by atoms with Gasteiger partial charge in [0.15, 0.2) is 0 Å². The summed E-state index contributed by atoms with van der Waals surface area (Å²) in [4.78, 5) is 16.0. The van der Waals surface area contributed by atoms with Gasteiger partial charge in [-0.15, -0.1) is 0 Å². The summed E-state index contributed by atoms with van der Waals surface area (Å²) in [5.74, 6) is 0. The summed E-state index contributed by atoms with van der Waals surface area (Å²) in [7, 11) is 0. The quantitative estimate of drug-likeness (QED) is 0.889. The second-order valence-corrected chi connectivity index (χ2v) is 5.28. The zero-order chi connectivity index (χ0) is 16.8. The van der Waals surface area contributed by atoms with Crippen molar-refractivity contribution in [2.24, 2.45) is 10.7 Å². The molecule has 0 aromatic heterocycles. The number of ether oxygens (including phenoxy) is 1. The lowest BCUT2D eigenvalue weighted by molar-refractivity contribution is 0.149. The smallest absolute Gasteiger partial charge is 0.407 e. The summed E-state index contributed by atoms with van der Waals surface area (Å²) in [6.07, 6.45) is 1.70. The molecule has 2 rings (SSSR count). The number of carbonyl (C=O) groups excluding carboxylic acids is 1. The second kappa shape index (κ2) is 7.45. The van der Waals surface area contributed by atoms with Crippen molar-refractivity contribution >= 4 is 17.4 Å². The zero-order valence-corrected chi connectivity index (χ0v) is 13.3. The Kier molecular flexibility index (Phi) is 5.36. The van der Waals surface area contributed by atoms with Gasteiger partial charge in [0, 0.05) is 23.9 Å². The Morgan fingerprint density at radius 2 is 2.39 bits per heavy atom. The van der Waals surface area contributed by atoms with E-state index < -0.39 is 6.09 Å². The first-order valence-electron chi connectivity index (χ1n) is 7.49. The van der Waals surface area contributed by atoms with Crippen LogP contribution in [0.4, 0.5) is 4.79 Å². The van der Waals surface area contributed by atoms with E-state index in [1.54, 1.807) is 13.0 Å². The highest BCUT2D eigenvalue weighted by Crippen LogP contribution is 2.25. The van der Waals surface area contributed by atoms with E-state index in [-0.39, 0.29) is 6.04 Å². The molecule has 1 aliphatic rings. The van der Waals surface area contributed by atoms with E-state index >= 15 is 0 Å². The number of nitrogens with zero attached hydrogens (tertiary/aromatic N) is 2. The molecule has 1 heterocycles. The normalized spacial score (nSPS) is 17.3. The SMILES string of the molecule is CCOC(=O)NC1CN=C(C(=CN)c2ccc(C#N)cc2C)C1. The maximum Gasteiger partial charge on any atom is 0.407 e. The van der Waals surface area contributed by atoms with Gasteiger partial charge >= 0.3 is 6.09 Å². The predicted octanol–water partition coefficient (Wildman–Crippen LogP) is 2.13. The van der Waals surface area contributed by atoms with Crippen LogP contribution in [0.15, 0.2) is 29.4 Å². The van der Waals surface area contributed by atoms with Crippen molar-refractivity contribution in [1.29, 1.82) is 5.26 Å². The fourth-order valence-electron chi connectivity index (χ4n) is 2.59. The van der Waals surface area contributed by atoms with E-state index in [2.05, 4.69) is 16.4 Å². The van der Waals surface area contributed by atoms with Gasteiger partial charge in [0.25, 0.3) is 0 Å². The average molecular weight is 312 g/mol. The van der Waals surface area contributed by atoms with Crippen LogP contribution in [0, 0.1) is 18.3 Å². The van der Waals surface area contributed by atoms with Crippen LogP contribution in [0.3, 0.4) is 0 Å². The number of benzene rings is 1. The van der Waals surface area contributed by atoms with Gasteiger partial charge in [-0.2, -0.15) is 5.26 Å². The third kappa shape index (κ3) is 3.89. The first kappa shape index (κ1) is 16.6. The Hall–Kier alpha value is -2.81. The molecule has 1 aromatic rings. The van der Waals surface area contributed by atoms with Gasteiger partial charge in [-0.25, -0.2) is 4.79 Å². The molecule has 1 amide bonds. The summed E-state index contributed by atoms with van der Waals surface area (Å²) in [5, 5.41) is 11.7. The summed E-state index contributed by atoms with van der Waals surface area (Å²) in [5.41, 5.74) is 10.00. The lowest BCUT2D eigenvalue weighted by Gasteiger charge is -2.13. The number of hydrogen-bond donors (Lipinski definition) is 2. The Bertz CT molecular complexity index is 701. The van der Waals surface area contributed by atoms with Crippen LogP contribution in [-0.4, -0.2) is 31.0 Å². The second-order valence-electron chi connectivity index (χ2n) is 5.28. The van der Waals surface area contributed by atoms with E-state index in [4.69, 9.17) is 15.7 Å². The van der Waals surface area contributed by atoms with Gasteiger partial charge in [-0.3, -0.25) is 4.99 Å². The van der Waals surface area contributed by atoms with Crippen molar-refractivity contribution < 1.29 is 9.53 Å². The summed E-state index contributed by atoms with van der Waals surface area (Å²) < 4.78 is 4.88. The number of nitrogens with one attached hydrogen (secondary N) is 1. The average Bonchev–Trinajstić information content (AvgIpc) is 2.97. The Labute approximate surface area is 135 Å². The molecule has 1 atom stereocenters. The lowest BCUT2D eigenvalue weighted by atomic mass is 9.94. The molecule has 0 spiro atoms. The molecule has 0 aliphatic carbocycles. The minimum atomic E-state index is -0.429. The van der Waals surface area contributed by atoms with E-state index in [9.17, 15) is 4.79 Å². The number of aryl methyl sites for hydroxylation is 1. The van der Waals surface area contributed by atoms with Crippen LogP contribution < -0.4 is 11.1 Å². The maximum absolute atomic E-state index is 11.5. The van der Waals surface area contributed by atoms with Crippen molar-refractivity contribution in [3.05, 3.63) is 41.1 Å². The number of amides is 1. The standard InChI is InChI=1S/C17H20N4O2/c1-3-23-17(22)21-13-7-16(20-10-13)15(9-19)14-5-4-12(8-18)6-11(14)2/h4-6,9,13H,3,7,10,19H2,1-2H3,(H,21,22). The van der Waals surface area contributed by atoms with Crippen molar-refractivity contribution in [3.63, 3.8) is 0 Å². The van der Waals surface area contributed by atoms with Crippen LogP contribution in [0.25, 0.3) is 5.57 Å². The number of alkyl carbamates (subject to hydrolysis) is 1. The predicted molar refractivity (Wildman–Crippen MR) is 88.9 cm³/mol. The first-order valence-corrected chi connectivity index (χ1v) is 7.49. The Morgan fingerprint density at radius 1 is 1.61 bits per heavy atom. The number of nitriles is 1. The van der Waals surface area contributed by atoms with Gasteiger partial charge in [0.2, 0.25) is 0 Å². The van der Waals surface area contributed by atoms with Gasteiger partial charge in [0.05, 0.1) is 30.8 Å². The topological polar surface area (TPSA) is 100 Å². The first-order chi connectivity index (χ1) is 11.1. The molecule has 0 radical (unpaired) electrons. The molecule has 23 heavy (non-hydrogen) atoms. The molecule has 6 heteroatoms. The molecule has 0 fully saturated rings. The van der Waals surface area contributed by atoms with Crippen LogP contribution in [-0.2, 0) is 4.74 Å². The van der Waals surface area contributed by atoms with Crippen LogP contribution in [0.1, 0.15) is 30.0 Å². The zero-order valence-electron chi connectivity index (χ0n) is 13.3. The van der Waals surface area contributed by atoms with Gasteiger partial charge in [0.1, 0.15) is 0 Å². The third-order valence-corrected chi connectivity index (χ3v) is 3.66. The van der Waals surface area contributed by atoms with Gasteiger partial charge in [-0.1, -0.05) is 6.07 Å². The van der Waals surface area contributed by atoms with Crippen LogP contribution in [0.5, 0.6) is 0 Å². The van der Waals surface area contributed by atoms with Crippen LogP contribution in [0.2, 0.25) is 0 Å². The monoisotopic (exact) mass is 312 g/mol. The highest BCUT2D eigenvalue weighted by atomic mass is 16.5. The molecule has 0 saturated heterocycles. The Morgan fingerprint density at radius 3 is 3.00 bits per heavy atom. The maximum atomic E-state index is 11.5.